The van der Waals surface area contributed by atoms with E-state index in [1.807, 2.05) is 11.3 Å². The molecule has 1 aromatic heterocycles. The van der Waals surface area contributed by atoms with E-state index in [2.05, 4.69) is 170 Å². The number of benzene rings is 9. The Morgan fingerprint density at radius 2 is 0.745 bits per heavy atom. The summed E-state index contributed by atoms with van der Waals surface area (Å²) in [7, 11) is 0. The second-order valence-corrected chi connectivity index (χ2v) is 13.6. The molecule has 0 N–H and O–H groups in total. The molecule has 9 aromatic carbocycles. The van der Waals surface area contributed by atoms with Crippen molar-refractivity contribution in [2.24, 2.45) is 0 Å². The Kier molecular flexibility index (Phi) is 5.85. The van der Waals surface area contributed by atoms with Crippen LogP contribution < -0.4 is 0 Å². The zero-order chi connectivity index (χ0) is 30.9. The van der Waals surface area contributed by atoms with Gasteiger partial charge in [-0.2, -0.15) is 0 Å². The maximum absolute atomic E-state index is 2.42. The van der Waals surface area contributed by atoms with Crippen LogP contribution in [0.2, 0.25) is 0 Å². The first-order valence-electron chi connectivity index (χ1n) is 16.2. The van der Waals surface area contributed by atoms with E-state index in [1.165, 1.54) is 96.6 Å². The highest BCUT2D eigenvalue weighted by atomic mass is 32.1. The van der Waals surface area contributed by atoms with E-state index in [-0.39, 0.29) is 0 Å². The normalized spacial score (nSPS) is 11.8. The minimum absolute atomic E-state index is 1.23. The van der Waals surface area contributed by atoms with Crippen LogP contribution in [0.15, 0.2) is 170 Å². The van der Waals surface area contributed by atoms with Gasteiger partial charge < -0.3 is 0 Å². The Hall–Kier alpha value is -5.76. The fourth-order valence-corrected chi connectivity index (χ4v) is 8.77. The summed E-state index contributed by atoms with van der Waals surface area (Å²) in [6, 6.07) is 62.8. The second-order valence-electron chi connectivity index (χ2n) is 12.5. The average molecular weight is 613 g/mol. The number of rotatable bonds is 3. The van der Waals surface area contributed by atoms with E-state index in [4.69, 9.17) is 0 Å². The van der Waals surface area contributed by atoms with E-state index < -0.39 is 0 Å². The van der Waals surface area contributed by atoms with Gasteiger partial charge in [-0.25, -0.2) is 0 Å². The fraction of sp³-hybridized carbons (Fsp3) is 0. The maximum atomic E-state index is 2.42. The van der Waals surface area contributed by atoms with Crippen molar-refractivity contribution >= 4 is 74.6 Å². The van der Waals surface area contributed by atoms with Crippen molar-refractivity contribution in [3.63, 3.8) is 0 Å². The van der Waals surface area contributed by atoms with Crippen molar-refractivity contribution in [2.45, 2.75) is 0 Å². The maximum Gasteiger partial charge on any atom is 0.0361 e. The van der Waals surface area contributed by atoms with E-state index in [0.29, 0.717) is 0 Å². The molecule has 0 saturated carbocycles. The molecule has 0 aliphatic rings. The van der Waals surface area contributed by atoms with Crippen molar-refractivity contribution in [2.75, 3.05) is 0 Å². The van der Waals surface area contributed by atoms with Crippen LogP contribution >= 0.6 is 11.3 Å². The zero-order valence-electron chi connectivity index (χ0n) is 25.6. The van der Waals surface area contributed by atoms with Crippen molar-refractivity contribution in [1.82, 2.24) is 0 Å². The van der Waals surface area contributed by atoms with Crippen LogP contribution in [-0.2, 0) is 0 Å². The van der Waals surface area contributed by atoms with Crippen LogP contribution in [0.4, 0.5) is 0 Å². The zero-order valence-corrected chi connectivity index (χ0v) is 26.4. The summed E-state index contributed by atoms with van der Waals surface area (Å²) in [5.74, 6) is 0. The summed E-state index contributed by atoms with van der Waals surface area (Å²) in [4.78, 5) is 0. The largest absolute Gasteiger partial charge is 0.135 e. The molecular formula is C46H28S. The summed E-state index contributed by atoms with van der Waals surface area (Å²) < 4.78 is 2.67. The van der Waals surface area contributed by atoms with Crippen LogP contribution in [-0.4, -0.2) is 0 Å². The predicted octanol–water partition coefficient (Wildman–Crippen LogP) is 13.7. The third-order valence-electron chi connectivity index (χ3n) is 9.79. The van der Waals surface area contributed by atoms with Gasteiger partial charge in [-0.1, -0.05) is 140 Å². The monoisotopic (exact) mass is 612 g/mol. The molecule has 0 spiro atoms. The van der Waals surface area contributed by atoms with Crippen LogP contribution in [0.1, 0.15) is 0 Å². The number of hydrogen-bond acceptors (Lipinski definition) is 1. The van der Waals surface area contributed by atoms with E-state index >= 15 is 0 Å². The minimum Gasteiger partial charge on any atom is -0.135 e. The van der Waals surface area contributed by atoms with Gasteiger partial charge >= 0.3 is 0 Å². The second kappa shape index (κ2) is 10.4. The lowest BCUT2D eigenvalue weighted by Crippen LogP contribution is -1.91. The van der Waals surface area contributed by atoms with Gasteiger partial charge in [-0.05, 0) is 107 Å². The van der Waals surface area contributed by atoms with Gasteiger partial charge in [0.05, 0.1) is 0 Å². The Balaban J connectivity index is 1.19. The van der Waals surface area contributed by atoms with E-state index in [1.54, 1.807) is 0 Å². The van der Waals surface area contributed by atoms with Crippen molar-refractivity contribution < 1.29 is 0 Å². The van der Waals surface area contributed by atoms with Crippen molar-refractivity contribution in [3.05, 3.63) is 170 Å². The smallest absolute Gasteiger partial charge is 0.0361 e. The van der Waals surface area contributed by atoms with Crippen LogP contribution in [0.25, 0.3) is 96.6 Å². The molecule has 0 radical (unpaired) electrons. The molecule has 10 aromatic rings. The molecule has 0 aliphatic carbocycles. The molecule has 0 atom stereocenters. The lowest BCUT2D eigenvalue weighted by molar-refractivity contribution is 1.63. The third kappa shape index (κ3) is 4.21. The highest BCUT2D eigenvalue weighted by Gasteiger charge is 2.18. The third-order valence-corrected chi connectivity index (χ3v) is 10.9. The molecular weight excluding hydrogens is 585 g/mol. The van der Waals surface area contributed by atoms with Gasteiger partial charge in [0.2, 0.25) is 0 Å². The minimum atomic E-state index is 1.23. The summed E-state index contributed by atoms with van der Waals surface area (Å²) in [5, 5.41) is 12.9. The lowest BCUT2D eigenvalue weighted by Gasteiger charge is -2.18. The van der Waals surface area contributed by atoms with Gasteiger partial charge in [0.25, 0.3) is 0 Å². The van der Waals surface area contributed by atoms with Crippen LogP contribution in [0.5, 0.6) is 0 Å². The molecule has 0 fully saturated rings. The summed E-state index contributed by atoms with van der Waals surface area (Å²) >= 11 is 1.90. The van der Waals surface area contributed by atoms with Gasteiger partial charge in [0, 0.05) is 20.2 Å². The Bertz CT molecular complexity index is 2800. The summed E-state index contributed by atoms with van der Waals surface area (Å²) in [6.07, 6.45) is 0. The van der Waals surface area contributed by atoms with Crippen LogP contribution in [0, 0.1) is 0 Å². The molecule has 0 amide bonds. The lowest BCUT2D eigenvalue weighted by atomic mass is 9.85. The standard InChI is InChI=1S/C46H28S/c1-2-11-30-24-34(21-20-29(30)10-1)31-14-9-15-35(25-31)45-38-16-5-7-18-40(38)46(41-19-8-6-17-39(41)45)36-22-23-37-42-26-32-12-3-4-13-33(32)27-44(42)47-43(37)28-36/h1-28H. The van der Waals surface area contributed by atoms with Crippen molar-refractivity contribution in [1.29, 1.82) is 0 Å². The average Bonchev–Trinajstić information content (AvgIpc) is 3.49. The van der Waals surface area contributed by atoms with E-state index in [0.717, 1.165) is 0 Å². The highest BCUT2D eigenvalue weighted by molar-refractivity contribution is 7.25. The molecule has 0 aliphatic heterocycles. The Morgan fingerprint density at radius 1 is 0.255 bits per heavy atom. The van der Waals surface area contributed by atoms with Gasteiger partial charge in [0.1, 0.15) is 0 Å². The first kappa shape index (κ1) is 26.5. The molecule has 0 saturated heterocycles. The first-order chi connectivity index (χ1) is 23.3. The summed E-state index contributed by atoms with van der Waals surface area (Å²) in [5.41, 5.74) is 7.56. The number of fused-ring (bicyclic) bond motifs is 7. The molecule has 10 rings (SSSR count). The molecule has 1 heterocycles. The molecule has 1 heteroatoms. The number of thiophene rings is 1. The Morgan fingerprint density at radius 3 is 1.43 bits per heavy atom. The fourth-order valence-electron chi connectivity index (χ4n) is 7.59. The Labute approximate surface area is 276 Å². The van der Waals surface area contributed by atoms with Gasteiger partial charge in [-0.15, -0.1) is 11.3 Å². The first-order valence-corrected chi connectivity index (χ1v) is 17.0. The van der Waals surface area contributed by atoms with E-state index in [9.17, 15) is 0 Å². The molecule has 218 valence electrons. The van der Waals surface area contributed by atoms with Gasteiger partial charge in [-0.3, -0.25) is 0 Å². The topological polar surface area (TPSA) is 0 Å². The molecule has 47 heavy (non-hydrogen) atoms. The predicted molar refractivity (Wildman–Crippen MR) is 206 cm³/mol. The highest BCUT2D eigenvalue weighted by Crippen LogP contribution is 2.46. The van der Waals surface area contributed by atoms with Gasteiger partial charge in [0.15, 0.2) is 0 Å². The van der Waals surface area contributed by atoms with Crippen LogP contribution in [0.3, 0.4) is 0 Å². The number of hydrogen-bond donors (Lipinski definition) is 0. The molecule has 0 bridgehead atoms. The van der Waals surface area contributed by atoms with Crippen molar-refractivity contribution in [3.8, 4) is 33.4 Å². The SMILES string of the molecule is c1cc(-c2ccc3ccccc3c2)cc(-c2c3ccccc3c(-c3ccc4c(c3)sc3cc5ccccc5cc34)c3ccccc23)c1. The quantitative estimate of drug-likeness (QED) is 0.174. The molecule has 0 nitrogen and oxygen atoms in total. The molecule has 0 unspecified atom stereocenters. The summed E-state index contributed by atoms with van der Waals surface area (Å²) in [6.45, 7) is 0.